The first-order valence-electron chi connectivity index (χ1n) is 4.12. The van der Waals surface area contributed by atoms with E-state index >= 15 is 0 Å². The summed E-state index contributed by atoms with van der Waals surface area (Å²) >= 11 is 8.59. The van der Waals surface area contributed by atoms with Gasteiger partial charge in [-0.05, 0) is 37.9 Å². The van der Waals surface area contributed by atoms with E-state index in [4.69, 9.17) is 0 Å². The van der Waals surface area contributed by atoms with Crippen molar-refractivity contribution in [3.8, 4) is 0 Å². The molecule has 0 aliphatic carbocycles. The van der Waals surface area contributed by atoms with Crippen LogP contribution in [0, 0.1) is 0 Å². The van der Waals surface area contributed by atoms with Gasteiger partial charge >= 0.3 is 0 Å². The van der Waals surface area contributed by atoms with Gasteiger partial charge in [-0.2, -0.15) is 5.21 Å². The number of hydrogen-bond acceptors (Lipinski definition) is 5. The molecule has 2 N–H and O–H groups in total. The predicted molar refractivity (Wildman–Crippen MR) is 64.4 cm³/mol. The molecular weight excluding hydrogens is 346 g/mol. The van der Waals surface area contributed by atoms with Gasteiger partial charge in [0.25, 0.3) is 0 Å². The summed E-state index contributed by atoms with van der Waals surface area (Å²) in [5.41, 5.74) is 0. The maximum absolute atomic E-state index is 3.85. The highest BCUT2D eigenvalue weighted by Gasteiger charge is 2.04. The molecule has 0 radical (unpaired) electrons. The zero-order valence-corrected chi connectivity index (χ0v) is 11.5. The van der Waals surface area contributed by atoms with Gasteiger partial charge in [0.2, 0.25) is 0 Å². The summed E-state index contributed by atoms with van der Waals surface area (Å²) in [7, 11) is 0. The largest absolute Gasteiger partial charge is 0.305 e. The van der Waals surface area contributed by atoms with E-state index in [1.54, 1.807) is 11.3 Å². The number of H-pyrrole nitrogens is 1. The topological polar surface area (TPSA) is 66.5 Å². The molecule has 0 fully saturated rings. The minimum atomic E-state index is 0.615. The van der Waals surface area contributed by atoms with E-state index in [0.29, 0.717) is 12.4 Å². The summed E-state index contributed by atoms with van der Waals surface area (Å²) in [6.07, 6.45) is 0. The molecule has 0 aliphatic rings. The van der Waals surface area contributed by atoms with Gasteiger partial charge in [-0.25, -0.2) is 0 Å². The van der Waals surface area contributed by atoms with Gasteiger partial charge in [0, 0.05) is 15.9 Å². The number of nitrogens with zero attached hydrogens (tertiary/aromatic N) is 3. The van der Waals surface area contributed by atoms with E-state index < -0.39 is 0 Å². The highest BCUT2D eigenvalue weighted by atomic mass is 79.9. The summed E-state index contributed by atoms with van der Waals surface area (Å²) in [5.74, 6) is 0.671. The normalized spacial score (nSPS) is 10.8. The van der Waals surface area contributed by atoms with Crippen LogP contribution in [0.4, 0.5) is 0 Å². The monoisotopic (exact) mass is 351 g/mol. The molecule has 2 aromatic heterocycles. The number of thiophene rings is 1. The maximum atomic E-state index is 3.85. The Balaban J connectivity index is 1.83. The second-order valence-electron chi connectivity index (χ2n) is 2.77. The minimum Gasteiger partial charge on any atom is -0.305 e. The van der Waals surface area contributed by atoms with Crippen molar-refractivity contribution in [3.63, 3.8) is 0 Å². The average molecular weight is 353 g/mol. The third-order valence-corrected chi connectivity index (χ3v) is 4.92. The standard InChI is InChI=1S/C7H7Br2N5S/c8-5-1-4(15-7(5)9)2-10-3-6-11-13-14-12-6/h1,10H,2-3H2,(H,11,12,13,14). The highest BCUT2D eigenvalue weighted by Crippen LogP contribution is 2.32. The number of tetrazole rings is 1. The Kier molecular flexibility index (Phi) is 3.84. The molecule has 15 heavy (non-hydrogen) atoms. The van der Waals surface area contributed by atoms with Gasteiger partial charge in [-0.1, -0.05) is 5.21 Å². The number of nitrogens with one attached hydrogen (secondary N) is 2. The van der Waals surface area contributed by atoms with Crippen LogP contribution >= 0.6 is 43.2 Å². The zero-order valence-electron chi connectivity index (χ0n) is 7.50. The molecule has 2 rings (SSSR count). The van der Waals surface area contributed by atoms with Crippen LogP contribution in [0.25, 0.3) is 0 Å². The van der Waals surface area contributed by atoms with Crippen molar-refractivity contribution in [1.29, 1.82) is 0 Å². The molecule has 0 saturated heterocycles. The fourth-order valence-corrected chi connectivity index (χ4v) is 3.18. The first kappa shape index (κ1) is 11.2. The van der Waals surface area contributed by atoms with Crippen molar-refractivity contribution >= 4 is 43.2 Å². The van der Waals surface area contributed by atoms with Gasteiger partial charge in [-0.3, -0.25) is 0 Å². The Morgan fingerprint density at radius 2 is 2.27 bits per heavy atom. The molecule has 80 valence electrons. The van der Waals surface area contributed by atoms with Gasteiger partial charge in [-0.15, -0.1) is 21.5 Å². The molecule has 0 bridgehead atoms. The lowest BCUT2D eigenvalue weighted by atomic mass is 10.4. The van der Waals surface area contributed by atoms with Crippen molar-refractivity contribution in [1.82, 2.24) is 25.9 Å². The first-order chi connectivity index (χ1) is 7.25. The molecule has 5 nitrogen and oxygen atoms in total. The minimum absolute atomic E-state index is 0.615. The van der Waals surface area contributed by atoms with Crippen LogP contribution in [0.3, 0.4) is 0 Å². The van der Waals surface area contributed by atoms with Gasteiger partial charge in [0.1, 0.15) is 0 Å². The Hall–Kier alpha value is -0.310. The number of rotatable bonds is 4. The maximum Gasteiger partial charge on any atom is 0.188 e. The molecular formula is C7H7Br2N5S. The van der Waals surface area contributed by atoms with Crippen molar-refractivity contribution in [3.05, 3.63) is 25.0 Å². The molecule has 0 unspecified atom stereocenters. The second-order valence-corrected chi connectivity index (χ2v) is 6.07. The number of halogens is 2. The molecule has 8 heteroatoms. The predicted octanol–water partition coefficient (Wildman–Crippen LogP) is 2.08. The van der Waals surface area contributed by atoms with Crippen molar-refractivity contribution in [2.75, 3.05) is 0 Å². The van der Waals surface area contributed by atoms with Crippen molar-refractivity contribution < 1.29 is 0 Å². The van der Waals surface area contributed by atoms with E-state index in [1.165, 1.54) is 4.88 Å². The summed E-state index contributed by atoms with van der Waals surface area (Å²) in [4.78, 5) is 1.25. The van der Waals surface area contributed by atoms with Crippen LogP contribution in [0.5, 0.6) is 0 Å². The summed E-state index contributed by atoms with van der Waals surface area (Å²) in [6, 6.07) is 2.08. The van der Waals surface area contributed by atoms with Crippen LogP contribution in [-0.4, -0.2) is 20.6 Å². The van der Waals surface area contributed by atoms with Crippen LogP contribution in [0.15, 0.2) is 14.3 Å². The summed E-state index contributed by atoms with van der Waals surface area (Å²) in [5, 5.41) is 16.8. The summed E-state index contributed by atoms with van der Waals surface area (Å²) < 4.78 is 2.20. The fraction of sp³-hybridized carbons (Fsp3) is 0.286. The summed E-state index contributed by atoms with van der Waals surface area (Å²) in [6.45, 7) is 1.41. The lowest BCUT2D eigenvalue weighted by Gasteiger charge is -1.97. The van der Waals surface area contributed by atoms with Crippen LogP contribution in [-0.2, 0) is 13.1 Å². The lowest BCUT2D eigenvalue weighted by Crippen LogP contribution is -2.12. The Morgan fingerprint density at radius 3 is 2.87 bits per heavy atom. The van der Waals surface area contributed by atoms with Crippen molar-refractivity contribution in [2.45, 2.75) is 13.1 Å². The van der Waals surface area contributed by atoms with Crippen molar-refractivity contribution in [2.24, 2.45) is 0 Å². The Bertz CT molecular complexity index is 407. The van der Waals surface area contributed by atoms with E-state index in [1.807, 2.05) is 0 Å². The van der Waals surface area contributed by atoms with E-state index in [-0.39, 0.29) is 0 Å². The SMILES string of the molecule is Brc1cc(CNCc2nn[nH]n2)sc1Br. The van der Waals surface area contributed by atoms with E-state index in [0.717, 1.165) is 14.8 Å². The Labute approximate surface area is 107 Å². The molecule has 0 aliphatic heterocycles. The molecule has 0 amide bonds. The zero-order chi connectivity index (χ0) is 10.7. The third-order valence-electron chi connectivity index (χ3n) is 1.67. The molecule has 2 heterocycles. The molecule has 0 aromatic carbocycles. The van der Waals surface area contributed by atoms with E-state index in [9.17, 15) is 0 Å². The van der Waals surface area contributed by atoms with Gasteiger partial charge < -0.3 is 5.32 Å². The van der Waals surface area contributed by atoms with E-state index in [2.05, 4.69) is 63.9 Å². The molecule has 0 atom stereocenters. The smallest absolute Gasteiger partial charge is 0.188 e. The number of aromatic nitrogens is 4. The van der Waals surface area contributed by atoms with Gasteiger partial charge in [0.05, 0.1) is 10.3 Å². The lowest BCUT2D eigenvalue weighted by molar-refractivity contribution is 0.669. The van der Waals surface area contributed by atoms with Gasteiger partial charge in [0.15, 0.2) is 5.82 Å². The number of aromatic amines is 1. The fourth-order valence-electron chi connectivity index (χ4n) is 1.03. The molecule has 0 spiro atoms. The second kappa shape index (κ2) is 5.15. The third kappa shape index (κ3) is 3.07. The first-order valence-corrected chi connectivity index (χ1v) is 6.52. The molecule has 2 aromatic rings. The quantitative estimate of drug-likeness (QED) is 0.884. The van der Waals surface area contributed by atoms with Crippen LogP contribution < -0.4 is 5.32 Å². The van der Waals surface area contributed by atoms with Crippen LogP contribution in [0.2, 0.25) is 0 Å². The highest BCUT2D eigenvalue weighted by molar-refractivity contribution is 9.13. The Morgan fingerprint density at radius 1 is 1.40 bits per heavy atom. The molecule has 0 saturated carbocycles. The average Bonchev–Trinajstić information content (AvgIpc) is 2.79. The number of hydrogen-bond donors (Lipinski definition) is 2. The van der Waals surface area contributed by atoms with Crippen LogP contribution in [0.1, 0.15) is 10.7 Å².